The second-order valence-electron chi connectivity index (χ2n) is 5.66. The van der Waals surface area contributed by atoms with Crippen molar-refractivity contribution in [2.75, 3.05) is 33.9 Å². The number of hydrogen-bond acceptors (Lipinski definition) is 3. The van der Waals surface area contributed by atoms with Crippen LogP contribution in [-0.4, -0.2) is 39.6 Å². The fraction of sp³-hybridized carbons (Fsp3) is 0.533. The van der Waals surface area contributed by atoms with Gasteiger partial charge in [-0.1, -0.05) is 0 Å². The highest BCUT2D eigenvalue weighted by molar-refractivity contribution is 6.01. The van der Waals surface area contributed by atoms with Crippen molar-refractivity contribution >= 4 is 5.78 Å². The molecule has 1 aliphatic carbocycles. The van der Waals surface area contributed by atoms with Crippen LogP contribution < -0.4 is 14.4 Å². The molecular formula is C15H20NO3+. The van der Waals surface area contributed by atoms with E-state index < -0.39 is 0 Å². The SMILES string of the molecule is C[NH+](C)CC1CCc2cc3c(cc2C1=O)OCCO3. The Kier molecular flexibility index (Phi) is 3.19. The average molecular weight is 262 g/mol. The van der Waals surface area contributed by atoms with E-state index in [0.29, 0.717) is 13.2 Å². The predicted molar refractivity (Wildman–Crippen MR) is 71.3 cm³/mol. The molecule has 0 saturated carbocycles. The van der Waals surface area contributed by atoms with Gasteiger partial charge < -0.3 is 14.4 Å². The Bertz CT molecular complexity index is 510. The molecule has 1 aromatic carbocycles. The summed E-state index contributed by atoms with van der Waals surface area (Å²) in [5.41, 5.74) is 1.95. The van der Waals surface area contributed by atoms with Crippen LogP contribution in [0.2, 0.25) is 0 Å². The number of aryl methyl sites for hydroxylation is 1. The maximum Gasteiger partial charge on any atom is 0.171 e. The van der Waals surface area contributed by atoms with Crippen LogP contribution in [0, 0.1) is 5.92 Å². The van der Waals surface area contributed by atoms with Crippen molar-refractivity contribution in [2.45, 2.75) is 12.8 Å². The van der Waals surface area contributed by atoms with Gasteiger partial charge in [-0.2, -0.15) is 0 Å². The molecule has 0 radical (unpaired) electrons. The number of Topliss-reactive ketones (excluding diaryl/α,β-unsaturated/α-hetero) is 1. The van der Waals surface area contributed by atoms with E-state index in [-0.39, 0.29) is 11.7 Å². The van der Waals surface area contributed by atoms with Crippen LogP contribution in [0.4, 0.5) is 0 Å². The number of carbonyl (C=O) groups is 1. The summed E-state index contributed by atoms with van der Waals surface area (Å²) < 4.78 is 11.1. The highest BCUT2D eigenvalue weighted by Crippen LogP contribution is 2.37. The fourth-order valence-corrected chi connectivity index (χ4v) is 2.94. The highest BCUT2D eigenvalue weighted by Gasteiger charge is 2.31. The summed E-state index contributed by atoms with van der Waals surface area (Å²) in [6.45, 7) is 2.05. The first kappa shape index (κ1) is 12.5. The quantitative estimate of drug-likeness (QED) is 0.836. The first-order valence-corrected chi connectivity index (χ1v) is 6.91. The second kappa shape index (κ2) is 4.85. The maximum atomic E-state index is 12.5. The Hall–Kier alpha value is -1.55. The van der Waals surface area contributed by atoms with E-state index in [1.807, 2.05) is 12.1 Å². The van der Waals surface area contributed by atoms with E-state index in [4.69, 9.17) is 9.47 Å². The molecule has 0 aromatic heterocycles. The molecule has 0 saturated heterocycles. The fourth-order valence-electron chi connectivity index (χ4n) is 2.94. The van der Waals surface area contributed by atoms with E-state index >= 15 is 0 Å². The van der Waals surface area contributed by atoms with Crippen LogP contribution in [0.1, 0.15) is 22.3 Å². The minimum absolute atomic E-state index is 0.139. The standard InChI is InChI=1S/C15H19NO3/c1-16(2)9-11-4-3-10-7-13-14(19-6-5-18-13)8-12(10)15(11)17/h7-8,11H,3-6,9H2,1-2H3/p+1. The molecule has 1 heterocycles. The van der Waals surface area contributed by atoms with Crippen LogP contribution in [0.15, 0.2) is 12.1 Å². The summed E-state index contributed by atoms with van der Waals surface area (Å²) in [5.74, 6) is 1.91. The molecule has 1 N–H and O–H groups in total. The molecule has 1 aliphatic heterocycles. The number of carbonyl (C=O) groups excluding carboxylic acids is 1. The van der Waals surface area contributed by atoms with Crippen LogP contribution in [0.5, 0.6) is 11.5 Å². The van der Waals surface area contributed by atoms with Gasteiger partial charge in [0.05, 0.1) is 26.6 Å². The van der Waals surface area contributed by atoms with Gasteiger partial charge in [-0.15, -0.1) is 0 Å². The molecule has 0 amide bonds. The summed E-state index contributed by atoms with van der Waals surface area (Å²) >= 11 is 0. The Morgan fingerprint density at radius 1 is 1.21 bits per heavy atom. The molecule has 4 heteroatoms. The van der Waals surface area contributed by atoms with Crippen molar-refractivity contribution in [2.24, 2.45) is 5.92 Å². The number of quaternary nitrogens is 1. The number of benzene rings is 1. The van der Waals surface area contributed by atoms with E-state index in [1.165, 1.54) is 4.90 Å². The Labute approximate surface area is 113 Å². The number of hydrogen-bond donors (Lipinski definition) is 1. The molecule has 102 valence electrons. The average Bonchev–Trinajstić information content (AvgIpc) is 2.40. The third-order valence-corrected chi connectivity index (χ3v) is 3.82. The van der Waals surface area contributed by atoms with Crippen molar-refractivity contribution in [3.8, 4) is 11.5 Å². The molecule has 2 aliphatic rings. The molecule has 4 nitrogen and oxygen atoms in total. The molecule has 3 rings (SSSR count). The van der Waals surface area contributed by atoms with Gasteiger partial charge >= 0.3 is 0 Å². The summed E-state index contributed by atoms with van der Waals surface area (Å²) in [5, 5.41) is 0. The van der Waals surface area contributed by atoms with Crippen molar-refractivity contribution < 1.29 is 19.2 Å². The van der Waals surface area contributed by atoms with Crippen molar-refractivity contribution in [3.05, 3.63) is 23.3 Å². The zero-order chi connectivity index (χ0) is 13.4. The highest BCUT2D eigenvalue weighted by atomic mass is 16.6. The lowest BCUT2D eigenvalue weighted by Gasteiger charge is -2.26. The van der Waals surface area contributed by atoms with Crippen LogP contribution >= 0.6 is 0 Å². The zero-order valence-electron chi connectivity index (χ0n) is 11.5. The lowest BCUT2D eigenvalue weighted by molar-refractivity contribution is -0.860. The normalized spacial score (nSPS) is 21.4. The minimum atomic E-state index is 0.139. The maximum absolute atomic E-state index is 12.5. The van der Waals surface area contributed by atoms with Gasteiger partial charge in [0.15, 0.2) is 17.3 Å². The number of fused-ring (bicyclic) bond motifs is 2. The van der Waals surface area contributed by atoms with Gasteiger partial charge in [0.1, 0.15) is 13.2 Å². The summed E-state index contributed by atoms with van der Waals surface area (Å²) in [6.07, 6.45) is 1.90. The first-order chi connectivity index (χ1) is 9.15. The Morgan fingerprint density at radius 2 is 1.89 bits per heavy atom. The van der Waals surface area contributed by atoms with Crippen molar-refractivity contribution in [1.82, 2.24) is 0 Å². The van der Waals surface area contributed by atoms with Crippen LogP contribution in [0.3, 0.4) is 0 Å². The van der Waals surface area contributed by atoms with Gasteiger partial charge in [-0.05, 0) is 30.5 Å². The minimum Gasteiger partial charge on any atom is -0.486 e. The van der Waals surface area contributed by atoms with E-state index in [9.17, 15) is 4.79 Å². The molecule has 0 bridgehead atoms. The van der Waals surface area contributed by atoms with Gasteiger partial charge in [-0.3, -0.25) is 4.79 Å². The molecular weight excluding hydrogens is 242 g/mol. The lowest BCUT2D eigenvalue weighted by Crippen LogP contribution is -3.06. The first-order valence-electron chi connectivity index (χ1n) is 6.91. The second-order valence-corrected chi connectivity index (χ2v) is 5.66. The van der Waals surface area contributed by atoms with E-state index in [0.717, 1.165) is 42.0 Å². The van der Waals surface area contributed by atoms with Gasteiger partial charge in [0.25, 0.3) is 0 Å². The van der Waals surface area contributed by atoms with Crippen molar-refractivity contribution in [1.29, 1.82) is 0 Å². The Morgan fingerprint density at radius 3 is 2.58 bits per heavy atom. The molecule has 1 atom stereocenters. The zero-order valence-corrected chi connectivity index (χ0v) is 11.5. The van der Waals surface area contributed by atoms with E-state index in [1.54, 1.807) is 0 Å². The summed E-state index contributed by atoms with van der Waals surface area (Å²) in [7, 11) is 4.18. The van der Waals surface area contributed by atoms with E-state index in [2.05, 4.69) is 14.1 Å². The van der Waals surface area contributed by atoms with Crippen LogP contribution in [-0.2, 0) is 6.42 Å². The molecule has 19 heavy (non-hydrogen) atoms. The summed E-state index contributed by atoms with van der Waals surface area (Å²) in [4.78, 5) is 13.8. The molecule has 0 fully saturated rings. The number of rotatable bonds is 2. The lowest BCUT2D eigenvalue weighted by atomic mass is 9.82. The largest absolute Gasteiger partial charge is 0.486 e. The number of nitrogens with one attached hydrogen (secondary N) is 1. The van der Waals surface area contributed by atoms with Gasteiger partial charge in [-0.25, -0.2) is 0 Å². The Balaban J connectivity index is 1.92. The molecule has 1 unspecified atom stereocenters. The monoisotopic (exact) mass is 262 g/mol. The smallest absolute Gasteiger partial charge is 0.171 e. The van der Waals surface area contributed by atoms with Crippen LogP contribution in [0.25, 0.3) is 0 Å². The third kappa shape index (κ3) is 2.32. The topological polar surface area (TPSA) is 40.0 Å². The predicted octanol–water partition coefficient (Wildman–Crippen LogP) is 0.347. The number of ether oxygens (including phenoxy) is 2. The third-order valence-electron chi connectivity index (χ3n) is 3.82. The number of ketones is 1. The summed E-state index contributed by atoms with van der Waals surface area (Å²) in [6, 6.07) is 3.86. The molecule has 1 aromatic rings. The van der Waals surface area contributed by atoms with Crippen molar-refractivity contribution in [3.63, 3.8) is 0 Å². The molecule has 0 spiro atoms. The van der Waals surface area contributed by atoms with Gasteiger partial charge in [0, 0.05) is 5.56 Å². The van der Waals surface area contributed by atoms with Gasteiger partial charge in [0.2, 0.25) is 0 Å².